The van der Waals surface area contributed by atoms with Crippen LogP contribution in [-0.2, 0) is 0 Å². The normalized spacial score (nSPS) is 21.7. The summed E-state index contributed by atoms with van der Waals surface area (Å²) in [5.74, 6) is 0.800. The van der Waals surface area contributed by atoms with E-state index in [4.69, 9.17) is 0 Å². The minimum absolute atomic E-state index is 0.326. The average Bonchev–Trinajstić information content (AvgIpc) is 2.85. The van der Waals surface area contributed by atoms with E-state index in [9.17, 15) is 0 Å². The molecular weight excluding hydrogens is 480 g/mol. The minimum Gasteiger partial charge on any atom is -0.0856 e. The monoisotopic (exact) mass is 545 g/mol. The molecule has 224 valence electrons. The Balaban J connectivity index is 1.67. The molecule has 0 amide bonds. The first-order valence-electron chi connectivity index (χ1n) is 16.6. The standard InChI is InChI=1S/C40H64/c1-31(19-13-21-33(3)25-27-37-35(5)23-15-29-39(37,7)8)17-11-12-18-32(2)20-14-22-34(4)26-28-38-36(6)24-16-30-40(38,9)10/h17,21-22,25-28,32H,11-16,18-20,23-24,29-30H2,1-10H3/b27-25+,28-26+,31-17-,33-21+,34-22+. The van der Waals surface area contributed by atoms with Crippen molar-refractivity contribution in [2.45, 2.75) is 153 Å². The Labute approximate surface area is 250 Å². The van der Waals surface area contributed by atoms with E-state index in [1.807, 2.05) is 0 Å². The summed E-state index contributed by atoms with van der Waals surface area (Å²) >= 11 is 0. The van der Waals surface area contributed by atoms with Gasteiger partial charge in [-0.15, -0.1) is 0 Å². The van der Waals surface area contributed by atoms with Gasteiger partial charge in [-0.05, 0) is 140 Å². The lowest BCUT2D eigenvalue weighted by molar-refractivity contribution is 0.376. The van der Waals surface area contributed by atoms with Gasteiger partial charge in [0, 0.05) is 0 Å². The van der Waals surface area contributed by atoms with E-state index in [0.717, 1.165) is 12.3 Å². The van der Waals surface area contributed by atoms with Gasteiger partial charge in [0.15, 0.2) is 0 Å². The molecule has 0 spiro atoms. The molecule has 0 saturated heterocycles. The SMILES string of the molecule is CC1=C(/C=C/C(C)=C/CC/C(C)=C\CCCC(C)CC/C=C(C)/C=C/C2=C(C)CCCC2(C)C)C(C)(C)CCC1. The lowest BCUT2D eigenvalue weighted by Crippen LogP contribution is -2.19. The van der Waals surface area contributed by atoms with E-state index in [1.165, 1.54) is 88.2 Å². The first kappa shape index (κ1) is 34.4. The second kappa shape index (κ2) is 16.6. The first-order chi connectivity index (χ1) is 18.8. The molecule has 0 bridgehead atoms. The van der Waals surface area contributed by atoms with Gasteiger partial charge in [0.2, 0.25) is 0 Å². The van der Waals surface area contributed by atoms with Gasteiger partial charge in [0.1, 0.15) is 0 Å². The molecule has 0 fully saturated rings. The van der Waals surface area contributed by atoms with Gasteiger partial charge in [-0.2, -0.15) is 0 Å². The van der Waals surface area contributed by atoms with Crippen LogP contribution in [0.2, 0.25) is 0 Å². The molecular formula is C40H64. The van der Waals surface area contributed by atoms with Crippen LogP contribution in [0.5, 0.6) is 0 Å². The molecule has 40 heavy (non-hydrogen) atoms. The van der Waals surface area contributed by atoms with Crippen LogP contribution >= 0.6 is 0 Å². The average molecular weight is 545 g/mol. The molecule has 2 aliphatic carbocycles. The van der Waals surface area contributed by atoms with Crippen LogP contribution in [0.3, 0.4) is 0 Å². The second-order valence-corrected chi connectivity index (χ2v) is 14.6. The topological polar surface area (TPSA) is 0 Å². The van der Waals surface area contributed by atoms with E-state index in [2.05, 4.69) is 112 Å². The summed E-state index contributed by atoms with van der Waals surface area (Å²) in [4.78, 5) is 0. The highest BCUT2D eigenvalue weighted by molar-refractivity contribution is 5.37. The summed E-state index contributed by atoms with van der Waals surface area (Å²) in [5.41, 5.74) is 11.3. The number of allylic oxidation sites excluding steroid dienone is 14. The summed E-state index contributed by atoms with van der Waals surface area (Å²) < 4.78 is 0. The van der Waals surface area contributed by atoms with Crippen LogP contribution in [0.1, 0.15) is 153 Å². The van der Waals surface area contributed by atoms with Crippen LogP contribution in [0, 0.1) is 16.7 Å². The predicted octanol–water partition coefficient (Wildman–Crippen LogP) is 13.4. The number of hydrogen-bond acceptors (Lipinski definition) is 0. The molecule has 0 saturated carbocycles. The molecule has 0 aromatic rings. The van der Waals surface area contributed by atoms with E-state index in [1.54, 1.807) is 27.9 Å². The van der Waals surface area contributed by atoms with Crippen LogP contribution < -0.4 is 0 Å². The molecule has 0 radical (unpaired) electrons. The zero-order valence-corrected chi connectivity index (χ0v) is 28.3. The summed E-state index contributed by atoms with van der Waals surface area (Å²) in [7, 11) is 0. The highest BCUT2D eigenvalue weighted by Crippen LogP contribution is 2.41. The fourth-order valence-electron chi connectivity index (χ4n) is 6.77. The molecule has 1 unspecified atom stereocenters. The van der Waals surface area contributed by atoms with Crippen molar-refractivity contribution in [1.82, 2.24) is 0 Å². The fourth-order valence-corrected chi connectivity index (χ4v) is 6.77. The molecule has 0 N–H and O–H groups in total. The van der Waals surface area contributed by atoms with Crippen molar-refractivity contribution in [3.05, 3.63) is 81.5 Å². The van der Waals surface area contributed by atoms with Gasteiger partial charge in [0.25, 0.3) is 0 Å². The Morgan fingerprint density at radius 2 is 1.20 bits per heavy atom. The molecule has 0 aromatic carbocycles. The van der Waals surface area contributed by atoms with Crippen molar-refractivity contribution in [1.29, 1.82) is 0 Å². The maximum atomic E-state index is 2.49. The third-order valence-corrected chi connectivity index (χ3v) is 9.64. The second-order valence-electron chi connectivity index (χ2n) is 14.6. The van der Waals surface area contributed by atoms with Gasteiger partial charge in [-0.1, -0.05) is 111 Å². The zero-order valence-electron chi connectivity index (χ0n) is 28.3. The highest BCUT2D eigenvalue weighted by atomic mass is 14.3. The van der Waals surface area contributed by atoms with E-state index in [0.29, 0.717) is 10.8 Å². The number of rotatable bonds is 14. The van der Waals surface area contributed by atoms with Crippen molar-refractivity contribution in [2.75, 3.05) is 0 Å². The fraction of sp³-hybridized carbons (Fsp3) is 0.650. The van der Waals surface area contributed by atoms with Crippen molar-refractivity contribution in [3.63, 3.8) is 0 Å². The Bertz CT molecular complexity index is 1020. The third kappa shape index (κ3) is 12.0. The highest BCUT2D eigenvalue weighted by Gasteiger charge is 2.27. The molecule has 0 heterocycles. The molecule has 0 heteroatoms. The Morgan fingerprint density at radius 1 is 0.700 bits per heavy atom. The lowest BCUT2D eigenvalue weighted by Gasteiger charge is -2.33. The molecule has 2 aliphatic rings. The largest absolute Gasteiger partial charge is 0.0856 e. The Hall–Kier alpha value is -1.82. The third-order valence-electron chi connectivity index (χ3n) is 9.64. The number of unbranched alkanes of at least 4 members (excludes halogenated alkanes) is 1. The molecule has 0 aromatic heterocycles. The number of hydrogen-bond donors (Lipinski definition) is 0. The molecule has 0 nitrogen and oxygen atoms in total. The lowest BCUT2D eigenvalue weighted by atomic mass is 9.72. The summed E-state index contributed by atoms with van der Waals surface area (Å²) in [6, 6.07) is 0. The molecule has 1 atom stereocenters. The molecule has 0 aliphatic heterocycles. The van der Waals surface area contributed by atoms with Crippen LogP contribution in [-0.4, -0.2) is 0 Å². The van der Waals surface area contributed by atoms with Crippen molar-refractivity contribution in [2.24, 2.45) is 16.7 Å². The predicted molar refractivity (Wildman–Crippen MR) is 182 cm³/mol. The Morgan fingerprint density at radius 3 is 1.70 bits per heavy atom. The van der Waals surface area contributed by atoms with Crippen LogP contribution in [0.25, 0.3) is 0 Å². The smallest absolute Gasteiger partial charge is 0.0104 e. The van der Waals surface area contributed by atoms with Crippen LogP contribution in [0.15, 0.2) is 81.5 Å². The Kier molecular flexibility index (Phi) is 14.3. The van der Waals surface area contributed by atoms with E-state index < -0.39 is 0 Å². The van der Waals surface area contributed by atoms with Gasteiger partial charge in [0.05, 0.1) is 0 Å². The first-order valence-corrected chi connectivity index (χ1v) is 16.6. The maximum Gasteiger partial charge on any atom is -0.0104 e. The summed E-state index contributed by atoms with van der Waals surface area (Å²) in [6.45, 7) is 23.5. The van der Waals surface area contributed by atoms with Crippen molar-refractivity contribution >= 4 is 0 Å². The van der Waals surface area contributed by atoms with Gasteiger partial charge < -0.3 is 0 Å². The van der Waals surface area contributed by atoms with E-state index in [-0.39, 0.29) is 0 Å². The van der Waals surface area contributed by atoms with Gasteiger partial charge >= 0.3 is 0 Å². The van der Waals surface area contributed by atoms with Crippen LogP contribution in [0.4, 0.5) is 0 Å². The van der Waals surface area contributed by atoms with Crippen molar-refractivity contribution in [3.8, 4) is 0 Å². The van der Waals surface area contributed by atoms with Gasteiger partial charge in [-0.25, -0.2) is 0 Å². The summed E-state index contributed by atoms with van der Waals surface area (Å²) in [6.07, 6.45) is 33.4. The van der Waals surface area contributed by atoms with E-state index >= 15 is 0 Å². The zero-order chi connectivity index (χ0) is 29.8. The van der Waals surface area contributed by atoms with Gasteiger partial charge in [-0.3, -0.25) is 0 Å². The summed E-state index contributed by atoms with van der Waals surface area (Å²) in [5, 5.41) is 0. The minimum atomic E-state index is 0.326. The van der Waals surface area contributed by atoms with Crippen molar-refractivity contribution < 1.29 is 0 Å². The quantitative estimate of drug-likeness (QED) is 0.116. The molecule has 2 rings (SSSR count). The maximum absolute atomic E-state index is 2.49.